The van der Waals surface area contributed by atoms with Gasteiger partial charge in [-0.15, -0.1) is 0 Å². The predicted molar refractivity (Wildman–Crippen MR) is 582 cm³/mol. The molecule has 136 heavy (non-hydrogen) atoms. The molecule has 1 fully saturated rings. The van der Waals surface area contributed by atoms with Crippen molar-refractivity contribution in [2.75, 3.05) is 29.4 Å². The zero-order chi connectivity index (χ0) is 92.9. The Hall–Kier alpha value is -13.3. The Morgan fingerprint density at radius 3 is 1.27 bits per heavy atom. The Labute approximate surface area is 806 Å². The van der Waals surface area contributed by atoms with E-state index in [1.165, 1.54) is 179 Å². The number of benzene rings is 16. The average molecular weight is 1800 g/mol. The van der Waals surface area contributed by atoms with Crippen molar-refractivity contribution in [2.45, 2.75) is 186 Å². The summed E-state index contributed by atoms with van der Waals surface area (Å²) in [5.74, 6) is 1.77. The molecule has 26 rings (SSSR count). The molecule has 3 atom stereocenters. The Kier molecular flexibility index (Phi) is 17.6. The van der Waals surface area contributed by atoms with Crippen molar-refractivity contribution in [3.05, 3.63) is 389 Å². The summed E-state index contributed by atoms with van der Waals surface area (Å²) in [4.78, 5) is 16.2. The van der Waals surface area contributed by atoms with Crippen LogP contribution in [0.4, 0.5) is 96.7 Å². The number of para-hydroxylation sites is 7. The summed E-state index contributed by atoms with van der Waals surface area (Å²) < 4.78 is 7.57. The van der Waals surface area contributed by atoms with Crippen LogP contribution in [0, 0.1) is 0 Å². The van der Waals surface area contributed by atoms with Crippen LogP contribution in [0.5, 0.6) is 11.5 Å². The highest BCUT2D eigenvalue weighted by molar-refractivity contribution is 7.07. The third-order valence-electron chi connectivity index (χ3n) is 34.2. The zero-order valence-corrected chi connectivity index (χ0v) is 83.5. The molecule has 3 unspecified atom stereocenters. The second kappa shape index (κ2) is 28.7. The van der Waals surface area contributed by atoms with Crippen molar-refractivity contribution in [2.24, 2.45) is 0 Å². The summed E-state index contributed by atoms with van der Waals surface area (Å²) in [5.41, 5.74) is 42.9. The number of rotatable bonds is 10. The van der Waals surface area contributed by atoms with E-state index in [4.69, 9.17) is 4.74 Å². The van der Waals surface area contributed by atoms with Gasteiger partial charge in [0.15, 0.2) is 0 Å². The molecule has 11 heteroatoms. The Bertz CT molecular complexity index is 7740. The first-order chi connectivity index (χ1) is 65.3. The lowest BCUT2D eigenvalue weighted by atomic mass is 9.33. The summed E-state index contributed by atoms with van der Waals surface area (Å²) in [7, 11) is -4.56. The van der Waals surface area contributed by atoms with E-state index in [1.807, 2.05) is 0 Å². The normalized spacial score (nSPS) is 18.9. The summed E-state index contributed by atoms with van der Waals surface area (Å²) in [6.45, 7) is 41.3. The Balaban J connectivity index is 0.621. The van der Waals surface area contributed by atoms with Crippen LogP contribution in [0.3, 0.4) is 0 Å². The lowest BCUT2D eigenvalue weighted by molar-refractivity contribution is 0.195. The smallest absolute Gasteiger partial charge is 0.252 e. The molecule has 9 aliphatic heterocycles. The summed E-state index contributed by atoms with van der Waals surface area (Å²) in [5, 5.41) is 5.92. The van der Waals surface area contributed by atoms with Crippen LogP contribution in [0.2, 0.25) is 26.2 Å². The molecule has 1 aliphatic carbocycles. The Morgan fingerprint density at radius 1 is 0.316 bits per heavy atom. The number of anilines is 17. The average Bonchev–Trinajstić information content (AvgIpc) is 1.28. The van der Waals surface area contributed by atoms with E-state index in [9.17, 15) is 0 Å². The van der Waals surface area contributed by atoms with Gasteiger partial charge in [0.25, 0.3) is 13.4 Å². The van der Waals surface area contributed by atoms with Gasteiger partial charge >= 0.3 is 0 Å². The molecular weight excluding hydrogens is 1680 g/mol. The van der Waals surface area contributed by atoms with Gasteiger partial charge < -0.3 is 34.1 Å². The number of hydrogen-bond acceptors (Lipinski definition) is 7. The number of nitrogens with zero attached hydrogens (tertiary/aromatic N) is 6. The van der Waals surface area contributed by atoms with Gasteiger partial charge in [-0.2, -0.15) is 0 Å². The van der Waals surface area contributed by atoms with Crippen LogP contribution in [0.1, 0.15) is 171 Å². The van der Waals surface area contributed by atoms with E-state index in [0.717, 1.165) is 81.7 Å². The maximum Gasteiger partial charge on any atom is 0.252 e. The van der Waals surface area contributed by atoms with E-state index in [2.05, 4.69) is 479 Å². The number of hydrogen-bond donors (Lipinski definition) is 0. The van der Waals surface area contributed by atoms with Crippen molar-refractivity contribution in [1.82, 2.24) is 0 Å². The second-order valence-corrected chi connectivity index (χ2v) is 54.7. The van der Waals surface area contributed by atoms with Gasteiger partial charge in [0.05, 0.1) is 28.0 Å². The molecule has 0 N–H and O–H groups in total. The van der Waals surface area contributed by atoms with Crippen LogP contribution in [-0.4, -0.2) is 35.1 Å². The molecule has 10 aliphatic rings. The fourth-order valence-corrected chi connectivity index (χ4v) is 33.1. The van der Waals surface area contributed by atoms with E-state index in [-0.39, 0.29) is 46.0 Å². The molecular formula is C125H116B2N6OSi2. The largest absolute Gasteiger partial charge is 0.457 e. The van der Waals surface area contributed by atoms with Gasteiger partial charge in [-0.3, -0.25) is 0 Å². The van der Waals surface area contributed by atoms with Gasteiger partial charge in [0, 0.05) is 96.2 Å². The van der Waals surface area contributed by atoms with Crippen LogP contribution in [-0.2, 0) is 38.9 Å². The first kappa shape index (κ1) is 83.3. The fraction of sp³-hybridized carbons (Fsp3) is 0.232. The minimum absolute atomic E-state index is 0.00582. The molecule has 16 aromatic carbocycles. The highest BCUT2D eigenvalue weighted by Crippen LogP contribution is 2.67. The van der Waals surface area contributed by atoms with Gasteiger partial charge in [0.1, 0.15) is 27.6 Å². The molecule has 0 saturated heterocycles. The minimum atomic E-state index is -2.31. The van der Waals surface area contributed by atoms with Crippen molar-refractivity contribution in [3.8, 4) is 22.6 Å². The highest BCUT2D eigenvalue weighted by Gasteiger charge is 2.63. The third-order valence-corrected chi connectivity index (χ3v) is 41.2. The first-order valence-corrected chi connectivity index (χ1v) is 55.8. The molecule has 16 aromatic rings. The first-order valence-electron chi connectivity index (χ1n) is 49.8. The van der Waals surface area contributed by atoms with Crippen molar-refractivity contribution in [3.63, 3.8) is 0 Å². The summed E-state index contributed by atoms with van der Waals surface area (Å²) >= 11 is 0. The lowest BCUT2D eigenvalue weighted by Crippen LogP contribution is -2.68. The van der Waals surface area contributed by atoms with Crippen LogP contribution in [0.25, 0.3) is 11.1 Å². The molecule has 9 heterocycles. The van der Waals surface area contributed by atoms with Gasteiger partial charge in [-0.25, -0.2) is 0 Å². The molecule has 0 radical (unpaired) electrons. The standard InChI is InChI=1S/C125H116B2N6OSi2/c1-119(2,3)81-51-59-85(60-52-81)128(86-61-53-82(54-62-86)120(4,5)6)89-73-103-113-104(74-89)131-101-43-24-27-46-109(101)135(14,15)111-48-32-40-97(117(111)131)126(113)96-39-31-38-94-115(96)130(103)100-42-23-21-36-91(100)125(94)92-37-22-26-45-107(92)134-108-70-78(50-67-93(108)125)77-122(10,11)84-57-65-88(66-58-84)129(87-63-55-83(56-64-87)121(7,8)9)90-75-105-114-106(76-90)133-116-95(123(12)68-29-30-69-124(123,133)13)71-80(79-34-19-18-20-35-79)72-99(116)127(114)98-41-33-49-112-118(98)132(105)102-44-25-28-47-110(102)136(112,16)17/h18-28,31-67,70-76H,29-30,68-69,77H2,1-17H3. The molecule has 666 valence electrons. The monoisotopic (exact) mass is 1790 g/mol. The van der Waals surface area contributed by atoms with Crippen molar-refractivity contribution in [1.29, 1.82) is 0 Å². The summed E-state index contributed by atoms with van der Waals surface area (Å²) in [6, 6.07) is 132. The quantitative estimate of drug-likeness (QED) is 0.126. The van der Waals surface area contributed by atoms with Crippen LogP contribution in [0.15, 0.2) is 334 Å². The third kappa shape index (κ3) is 11.4. The zero-order valence-electron chi connectivity index (χ0n) is 81.5. The number of ether oxygens (including phenoxy) is 1. The Morgan fingerprint density at radius 2 is 0.735 bits per heavy atom. The van der Waals surface area contributed by atoms with E-state index in [1.54, 1.807) is 0 Å². The van der Waals surface area contributed by atoms with E-state index in [0.29, 0.717) is 0 Å². The summed E-state index contributed by atoms with van der Waals surface area (Å²) in [6.07, 6.45) is 5.42. The SMILES string of the molecule is CC(C)(C)c1ccc(N(c2ccc(C(C)(C)C)cc2)c2cc3c4c(c2)N2c5ccccc5[Si](C)(C)c5cccc(c52)B4c2cccc4c2N3c2ccccc2C42c3ccccc3Oc3cc(CC(C)(C)c4ccc(N(c5ccc(C(C)(C)C)cc5)c5cc6c7c(c5)N5c8c(cc(-c9ccccc9)cc8C8(C)CCCCC58C)B7c5cccc7c5N6c5ccccc5[Si]7(C)C)cc4)ccc32)cc1. The molecule has 0 amide bonds. The second-order valence-electron chi connectivity index (χ2n) is 46.0. The molecule has 7 nitrogen and oxygen atoms in total. The lowest BCUT2D eigenvalue weighted by Gasteiger charge is -2.53. The molecule has 0 aromatic heterocycles. The predicted octanol–water partition coefficient (Wildman–Crippen LogP) is 26.2. The molecule has 1 spiro atoms. The van der Waals surface area contributed by atoms with E-state index >= 15 is 0 Å². The maximum atomic E-state index is 7.57. The minimum Gasteiger partial charge on any atom is -0.457 e. The van der Waals surface area contributed by atoms with Gasteiger partial charge in [-0.1, -0.05) is 347 Å². The van der Waals surface area contributed by atoms with Crippen molar-refractivity contribution < 1.29 is 4.74 Å². The van der Waals surface area contributed by atoms with Crippen LogP contribution >= 0.6 is 0 Å². The van der Waals surface area contributed by atoms with Crippen LogP contribution < -0.4 is 87.7 Å². The maximum absolute atomic E-state index is 7.57. The molecule has 0 bridgehead atoms. The van der Waals surface area contributed by atoms with Gasteiger partial charge in [-0.05, 0) is 266 Å². The molecule has 1 saturated carbocycles. The number of fused-ring (bicyclic) bond motifs is 23. The van der Waals surface area contributed by atoms with E-state index < -0.39 is 21.6 Å². The highest BCUT2D eigenvalue weighted by atomic mass is 28.3. The van der Waals surface area contributed by atoms with Crippen molar-refractivity contribution >= 4 is 180 Å². The fourth-order valence-electron chi connectivity index (χ4n) is 27.1. The topological polar surface area (TPSA) is 28.7 Å². The van der Waals surface area contributed by atoms with Gasteiger partial charge in [0.2, 0.25) is 0 Å².